The SMILES string of the molecule is O=S(=O)(Nc1cnoc1)c1cccc(Br)c1. The molecule has 0 atom stereocenters. The fourth-order valence-electron chi connectivity index (χ4n) is 1.10. The molecule has 0 aliphatic rings. The average molecular weight is 303 g/mol. The Hall–Kier alpha value is -1.34. The van der Waals surface area contributed by atoms with Gasteiger partial charge >= 0.3 is 0 Å². The van der Waals surface area contributed by atoms with Crippen molar-refractivity contribution in [2.45, 2.75) is 4.90 Å². The third-order valence-corrected chi connectivity index (χ3v) is 3.66. The number of rotatable bonds is 3. The van der Waals surface area contributed by atoms with Crippen LogP contribution in [0.25, 0.3) is 0 Å². The zero-order valence-electron chi connectivity index (χ0n) is 7.92. The van der Waals surface area contributed by atoms with E-state index in [-0.39, 0.29) is 4.90 Å². The monoisotopic (exact) mass is 302 g/mol. The predicted octanol–water partition coefficient (Wildman–Crippen LogP) is 2.24. The van der Waals surface area contributed by atoms with Crippen molar-refractivity contribution in [2.24, 2.45) is 0 Å². The second kappa shape index (κ2) is 4.26. The molecule has 0 saturated heterocycles. The summed E-state index contributed by atoms with van der Waals surface area (Å²) in [4.78, 5) is 0.170. The average Bonchev–Trinajstić information content (AvgIpc) is 2.70. The van der Waals surface area contributed by atoms with Crippen molar-refractivity contribution in [3.8, 4) is 0 Å². The Kier molecular flexibility index (Phi) is 2.97. The minimum absolute atomic E-state index is 0.170. The molecule has 5 nitrogen and oxygen atoms in total. The van der Waals surface area contributed by atoms with E-state index >= 15 is 0 Å². The van der Waals surface area contributed by atoms with Gasteiger partial charge in [0.2, 0.25) is 0 Å². The second-order valence-electron chi connectivity index (χ2n) is 2.98. The lowest BCUT2D eigenvalue weighted by atomic mass is 10.4. The van der Waals surface area contributed by atoms with Crippen LogP contribution in [0.5, 0.6) is 0 Å². The van der Waals surface area contributed by atoms with Gasteiger partial charge < -0.3 is 4.52 Å². The molecular weight excluding hydrogens is 296 g/mol. The minimum atomic E-state index is -3.59. The van der Waals surface area contributed by atoms with Crippen LogP contribution in [0.4, 0.5) is 5.69 Å². The summed E-state index contributed by atoms with van der Waals surface area (Å²) in [6, 6.07) is 6.40. The molecule has 1 heterocycles. The molecule has 0 radical (unpaired) electrons. The Bertz CT molecular complexity index is 581. The van der Waals surface area contributed by atoms with E-state index in [1.165, 1.54) is 24.6 Å². The van der Waals surface area contributed by atoms with Gasteiger partial charge in [0.05, 0.1) is 11.1 Å². The zero-order chi connectivity index (χ0) is 11.6. The number of hydrogen-bond donors (Lipinski definition) is 1. The van der Waals surface area contributed by atoms with Crippen LogP contribution < -0.4 is 4.72 Å². The normalized spacial score (nSPS) is 11.3. The van der Waals surface area contributed by atoms with E-state index in [1.807, 2.05) is 0 Å². The molecule has 0 bridgehead atoms. The topological polar surface area (TPSA) is 72.2 Å². The third-order valence-electron chi connectivity index (χ3n) is 1.79. The third kappa shape index (κ3) is 2.42. The molecular formula is C9H7BrN2O3S. The highest BCUT2D eigenvalue weighted by Crippen LogP contribution is 2.18. The van der Waals surface area contributed by atoms with Crippen LogP contribution in [-0.2, 0) is 10.0 Å². The molecule has 16 heavy (non-hydrogen) atoms. The molecule has 7 heteroatoms. The molecule has 1 aromatic carbocycles. The molecule has 0 saturated carbocycles. The van der Waals surface area contributed by atoms with Crippen LogP contribution in [0.1, 0.15) is 0 Å². The van der Waals surface area contributed by atoms with Gasteiger partial charge in [-0.2, -0.15) is 0 Å². The van der Waals surface area contributed by atoms with Crippen molar-refractivity contribution in [3.63, 3.8) is 0 Å². The van der Waals surface area contributed by atoms with Crippen LogP contribution >= 0.6 is 15.9 Å². The maximum Gasteiger partial charge on any atom is 0.262 e. The molecule has 2 rings (SSSR count). The summed E-state index contributed by atoms with van der Waals surface area (Å²) in [6.45, 7) is 0. The number of anilines is 1. The molecule has 0 spiro atoms. The van der Waals surface area contributed by atoms with Crippen molar-refractivity contribution < 1.29 is 12.9 Å². The van der Waals surface area contributed by atoms with Crippen molar-refractivity contribution in [1.82, 2.24) is 5.16 Å². The molecule has 0 unspecified atom stereocenters. The van der Waals surface area contributed by atoms with Gasteiger partial charge in [-0.1, -0.05) is 27.2 Å². The number of nitrogens with zero attached hydrogens (tertiary/aromatic N) is 1. The van der Waals surface area contributed by atoms with Gasteiger partial charge in [-0.05, 0) is 18.2 Å². The number of halogens is 1. The summed E-state index contributed by atoms with van der Waals surface area (Å²) in [7, 11) is -3.59. The van der Waals surface area contributed by atoms with E-state index in [4.69, 9.17) is 0 Å². The first-order valence-corrected chi connectivity index (χ1v) is 6.53. The van der Waals surface area contributed by atoms with Gasteiger partial charge in [-0.3, -0.25) is 4.72 Å². The van der Waals surface area contributed by atoms with Crippen LogP contribution in [0, 0.1) is 0 Å². The van der Waals surface area contributed by atoms with Crippen LogP contribution in [0.15, 0.2) is 50.6 Å². The highest BCUT2D eigenvalue weighted by molar-refractivity contribution is 9.10. The van der Waals surface area contributed by atoms with Crippen molar-refractivity contribution in [3.05, 3.63) is 41.2 Å². The number of sulfonamides is 1. The highest BCUT2D eigenvalue weighted by atomic mass is 79.9. The Balaban J connectivity index is 2.33. The van der Waals surface area contributed by atoms with E-state index in [9.17, 15) is 8.42 Å². The maximum atomic E-state index is 11.9. The van der Waals surface area contributed by atoms with Gasteiger partial charge in [-0.15, -0.1) is 0 Å². The Morgan fingerprint density at radius 2 is 2.19 bits per heavy atom. The van der Waals surface area contributed by atoms with E-state index < -0.39 is 10.0 Å². The van der Waals surface area contributed by atoms with E-state index in [2.05, 4.69) is 30.3 Å². The number of hydrogen-bond acceptors (Lipinski definition) is 4. The molecule has 0 amide bonds. The van der Waals surface area contributed by atoms with Gasteiger partial charge in [0, 0.05) is 4.47 Å². The molecule has 2 aromatic rings. The summed E-state index contributed by atoms with van der Waals surface area (Å²) in [5.74, 6) is 0. The zero-order valence-corrected chi connectivity index (χ0v) is 10.3. The smallest absolute Gasteiger partial charge is 0.262 e. The fourth-order valence-corrected chi connectivity index (χ4v) is 2.72. The first-order chi connectivity index (χ1) is 7.58. The molecule has 1 N–H and O–H groups in total. The Labute approximate surface area is 101 Å². The van der Waals surface area contributed by atoms with E-state index in [0.717, 1.165) is 0 Å². The summed E-state index contributed by atoms with van der Waals surface area (Å²) in [5, 5.41) is 3.41. The molecule has 1 aromatic heterocycles. The highest BCUT2D eigenvalue weighted by Gasteiger charge is 2.14. The van der Waals surface area contributed by atoms with Gasteiger partial charge in [0.15, 0.2) is 0 Å². The van der Waals surface area contributed by atoms with E-state index in [0.29, 0.717) is 10.2 Å². The Morgan fingerprint density at radius 1 is 1.38 bits per heavy atom. The van der Waals surface area contributed by atoms with Crippen LogP contribution in [0.2, 0.25) is 0 Å². The largest absolute Gasteiger partial charge is 0.362 e. The van der Waals surface area contributed by atoms with Crippen molar-refractivity contribution in [2.75, 3.05) is 4.72 Å². The number of aromatic nitrogens is 1. The summed E-state index contributed by atoms with van der Waals surface area (Å²) in [5.41, 5.74) is 0.292. The fraction of sp³-hybridized carbons (Fsp3) is 0. The van der Waals surface area contributed by atoms with E-state index in [1.54, 1.807) is 12.1 Å². The maximum absolute atomic E-state index is 11.9. The summed E-state index contributed by atoms with van der Waals surface area (Å²) in [6.07, 6.45) is 2.51. The van der Waals surface area contributed by atoms with Crippen molar-refractivity contribution in [1.29, 1.82) is 0 Å². The molecule has 0 fully saturated rings. The quantitative estimate of drug-likeness (QED) is 0.944. The molecule has 0 aliphatic heterocycles. The summed E-state index contributed by atoms with van der Waals surface area (Å²) >= 11 is 3.21. The van der Waals surface area contributed by atoms with Gasteiger partial charge in [0.25, 0.3) is 10.0 Å². The lowest BCUT2D eigenvalue weighted by molar-refractivity contribution is 0.420. The first kappa shape index (κ1) is 11.2. The molecule has 84 valence electrons. The van der Waals surface area contributed by atoms with Crippen LogP contribution in [-0.4, -0.2) is 13.6 Å². The Morgan fingerprint density at radius 3 is 2.81 bits per heavy atom. The van der Waals surface area contributed by atoms with Crippen molar-refractivity contribution >= 4 is 31.6 Å². The number of nitrogens with one attached hydrogen (secondary N) is 1. The summed E-state index contributed by atoms with van der Waals surface area (Å²) < 4.78 is 31.3. The number of benzene rings is 1. The van der Waals surface area contributed by atoms with Gasteiger partial charge in [-0.25, -0.2) is 8.42 Å². The molecule has 0 aliphatic carbocycles. The predicted molar refractivity (Wildman–Crippen MR) is 61.5 cm³/mol. The second-order valence-corrected chi connectivity index (χ2v) is 5.57. The lowest BCUT2D eigenvalue weighted by Crippen LogP contribution is -2.12. The van der Waals surface area contributed by atoms with Crippen LogP contribution in [0.3, 0.4) is 0 Å². The first-order valence-electron chi connectivity index (χ1n) is 4.26. The standard InChI is InChI=1S/C9H7BrN2O3S/c10-7-2-1-3-9(4-7)16(13,14)12-8-5-11-15-6-8/h1-6,12H. The lowest BCUT2D eigenvalue weighted by Gasteiger charge is -2.05. The minimum Gasteiger partial charge on any atom is -0.362 e. The van der Waals surface area contributed by atoms with Gasteiger partial charge in [0.1, 0.15) is 12.0 Å².